The van der Waals surface area contributed by atoms with Crippen LogP contribution in [0.2, 0.25) is 0 Å². The molecule has 2 aliphatic heterocycles. The van der Waals surface area contributed by atoms with Crippen molar-refractivity contribution in [3.8, 4) is 11.4 Å². The lowest BCUT2D eigenvalue weighted by molar-refractivity contribution is -0.518. The number of H-pyrrole nitrogens is 1. The maximum atomic E-state index is 13.8. The van der Waals surface area contributed by atoms with Crippen LogP contribution in [0.3, 0.4) is 0 Å². The Morgan fingerprint density at radius 3 is 3.19 bits per heavy atom. The van der Waals surface area contributed by atoms with E-state index in [1.807, 2.05) is 4.58 Å². The smallest absolute Gasteiger partial charge is 0.372 e. The van der Waals surface area contributed by atoms with Crippen molar-refractivity contribution in [2.45, 2.75) is 12.8 Å². The number of nitrogens with one attached hydrogen (secondary N) is 1. The molecule has 0 aliphatic carbocycles. The second kappa shape index (κ2) is 5.90. The van der Waals surface area contributed by atoms with Gasteiger partial charge in [0.15, 0.2) is 5.65 Å². The fourth-order valence-corrected chi connectivity index (χ4v) is 3.76. The Hall–Kier alpha value is -3.23. The lowest BCUT2D eigenvalue weighted by atomic mass is 10.0. The zero-order valence-electron chi connectivity index (χ0n) is 14.4. The molecule has 1 atom stereocenters. The molecule has 0 radical (unpaired) electrons. The third-order valence-electron chi connectivity index (χ3n) is 5.13. The highest BCUT2D eigenvalue weighted by atomic mass is 19.1. The fourth-order valence-electron chi connectivity index (χ4n) is 3.76. The van der Waals surface area contributed by atoms with Gasteiger partial charge in [-0.3, -0.25) is 4.79 Å². The quantitative estimate of drug-likeness (QED) is 0.579. The van der Waals surface area contributed by atoms with Crippen LogP contribution in [0.1, 0.15) is 12.2 Å². The molecule has 1 unspecified atom stereocenters. The molecule has 4 bridgehead atoms. The number of fused-ring (bicyclic) bond motifs is 5. The Kier molecular flexibility index (Phi) is 3.49. The predicted molar refractivity (Wildman–Crippen MR) is 94.4 cm³/mol. The van der Waals surface area contributed by atoms with Crippen LogP contribution in [0, 0.1) is 11.7 Å². The van der Waals surface area contributed by atoms with E-state index in [0.717, 1.165) is 6.42 Å². The first-order chi connectivity index (χ1) is 13.1. The van der Waals surface area contributed by atoms with E-state index in [9.17, 15) is 14.3 Å². The van der Waals surface area contributed by atoms with E-state index in [-0.39, 0.29) is 29.7 Å². The third-order valence-corrected chi connectivity index (χ3v) is 5.13. The minimum absolute atomic E-state index is 0.0719. The molecule has 4 heterocycles. The Balaban J connectivity index is 1.76. The van der Waals surface area contributed by atoms with Crippen LogP contribution in [-0.4, -0.2) is 55.0 Å². The van der Waals surface area contributed by atoms with E-state index in [1.165, 1.54) is 29.1 Å². The minimum atomic E-state index is -0.471. The van der Waals surface area contributed by atoms with Gasteiger partial charge in [0.1, 0.15) is 41.6 Å². The van der Waals surface area contributed by atoms with Gasteiger partial charge in [0.25, 0.3) is 5.56 Å². The molecule has 2 N–H and O–H groups in total. The lowest BCUT2D eigenvalue weighted by Crippen LogP contribution is -2.25. The molecule has 2 aromatic heterocycles. The topological polar surface area (TPSA) is 96.0 Å². The first-order valence-corrected chi connectivity index (χ1v) is 8.78. The van der Waals surface area contributed by atoms with Crippen molar-refractivity contribution in [2.75, 3.05) is 19.7 Å². The number of aliphatic hydroxyl groups excluding tert-OH is 1. The summed E-state index contributed by atoms with van der Waals surface area (Å²) in [6.45, 7) is 1.27. The van der Waals surface area contributed by atoms with Crippen molar-refractivity contribution in [1.29, 1.82) is 0 Å². The van der Waals surface area contributed by atoms with Crippen LogP contribution in [-0.2, 0) is 6.42 Å². The molecule has 0 saturated carbocycles. The first-order valence-electron chi connectivity index (χ1n) is 8.78. The third kappa shape index (κ3) is 2.66. The molecule has 5 rings (SSSR count). The first kappa shape index (κ1) is 16.0. The van der Waals surface area contributed by atoms with Crippen LogP contribution in [0.25, 0.3) is 16.7 Å². The molecule has 0 spiro atoms. The number of aromatic nitrogens is 4. The van der Waals surface area contributed by atoms with Crippen molar-refractivity contribution in [3.05, 3.63) is 46.4 Å². The summed E-state index contributed by atoms with van der Waals surface area (Å²) in [6.07, 6.45) is 2.90. The van der Waals surface area contributed by atoms with Crippen molar-refractivity contribution in [1.82, 2.24) is 19.7 Å². The van der Waals surface area contributed by atoms with Crippen LogP contribution >= 0.6 is 0 Å². The minimum Gasteiger partial charge on any atom is -0.476 e. The van der Waals surface area contributed by atoms with Gasteiger partial charge in [-0.25, -0.2) is 14.1 Å². The van der Waals surface area contributed by atoms with Gasteiger partial charge < -0.3 is 14.8 Å². The zero-order valence-corrected chi connectivity index (χ0v) is 14.4. The number of rotatable bonds is 0. The van der Waals surface area contributed by atoms with E-state index in [1.54, 1.807) is 0 Å². The number of nitrogens with zero attached hydrogens (tertiary/aromatic N) is 4. The van der Waals surface area contributed by atoms with Crippen molar-refractivity contribution in [2.24, 2.45) is 5.92 Å². The Morgan fingerprint density at radius 1 is 1.41 bits per heavy atom. The van der Waals surface area contributed by atoms with Gasteiger partial charge in [0, 0.05) is 24.8 Å². The van der Waals surface area contributed by atoms with Gasteiger partial charge in [-0.2, -0.15) is 9.67 Å². The van der Waals surface area contributed by atoms with E-state index in [2.05, 4.69) is 15.1 Å². The summed E-state index contributed by atoms with van der Waals surface area (Å²) in [7, 11) is 0. The van der Waals surface area contributed by atoms with Crippen LogP contribution in [0.4, 0.5) is 4.39 Å². The SMILES string of the molecule is O=c1[nH]c2nc3c1cnn3-c1ccc(F)cc1OCC(O)=[N+]1CCC(C2)C1. The summed E-state index contributed by atoms with van der Waals surface area (Å²) in [6, 6.07) is 4.04. The number of benzene rings is 1. The van der Waals surface area contributed by atoms with Crippen molar-refractivity contribution >= 4 is 16.9 Å². The molecule has 138 valence electrons. The van der Waals surface area contributed by atoms with Crippen LogP contribution in [0.5, 0.6) is 5.75 Å². The van der Waals surface area contributed by atoms with E-state index in [0.29, 0.717) is 42.1 Å². The molecule has 3 aromatic rings. The molecule has 27 heavy (non-hydrogen) atoms. The highest BCUT2D eigenvalue weighted by Gasteiger charge is 2.30. The summed E-state index contributed by atoms with van der Waals surface area (Å²) in [5.74, 6) is 0.673. The van der Waals surface area contributed by atoms with Gasteiger partial charge in [-0.15, -0.1) is 0 Å². The van der Waals surface area contributed by atoms with E-state index >= 15 is 0 Å². The van der Waals surface area contributed by atoms with Gasteiger partial charge in [0.2, 0.25) is 6.61 Å². The number of hydrogen-bond acceptors (Lipinski definition) is 4. The lowest BCUT2D eigenvalue weighted by Gasteiger charge is -2.11. The van der Waals surface area contributed by atoms with E-state index in [4.69, 9.17) is 4.74 Å². The summed E-state index contributed by atoms with van der Waals surface area (Å²) in [5.41, 5.74) is 0.583. The number of aromatic amines is 1. The normalized spacial score (nSPS) is 19.4. The second-order valence-corrected chi connectivity index (χ2v) is 6.93. The fraction of sp³-hybridized carbons (Fsp3) is 0.333. The van der Waals surface area contributed by atoms with Crippen molar-refractivity contribution < 1.29 is 18.8 Å². The highest BCUT2D eigenvalue weighted by Crippen LogP contribution is 2.27. The number of ether oxygens (including phenoxy) is 1. The molecule has 0 amide bonds. The van der Waals surface area contributed by atoms with Crippen LogP contribution in [0.15, 0.2) is 29.2 Å². The molecule has 1 saturated heterocycles. The average molecular weight is 370 g/mol. The number of halogens is 1. The molecular formula is C18H17FN5O3+. The number of aliphatic hydroxyl groups is 1. The number of hydrogen-bond donors (Lipinski definition) is 2. The molecule has 1 fully saturated rings. The standard InChI is InChI=1S/C18H16FN5O3/c19-11-1-2-13-14(6-11)27-9-16(25)23-4-3-10(8-23)5-15-21-17-12(18(26)22-15)7-20-24(13)17/h1-2,6-7,10H,3-5,8-9H2,(H,20,21,22,26)/p+1. The van der Waals surface area contributed by atoms with Gasteiger partial charge in [-0.05, 0) is 12.1 Å². The Bertz CT molecular complexity index is 1150. The van der Waals surface area contributed by atoms with Crippen molar-refractivity contribution in [3.63, 3.8) is 0 Å². The summed E-state index contributed by atoms with van der Waals surface area (Å²) in [5, 5.41) is 15.0. The summed E-state index contributed by atoms with van der Waals surface area (Å²) >= 11 is 0. The van der Waals surface area contributed by atoms with Gasteiger partial charge >= 0.3 is 5.90 Å². The highest BCUT2D eigenvalue weighted by molar-refractivity contribution is 5.76. The predicted octanol–water partition coefficient (Wildman–Crippen LogP) is 1.17. The summed E-state index contributed by atoms with van der Waals surface area (Å²) < 4.78 is 22.8. The average Bonchev–Trinajstić information content (AvgIpc) is 3.27. The Labute approximate surface area is 152 Å². The van der Waals surface area contributed by atoms with Gasteiger partial charge in [-0.1, -0.05) is 0 Å². The molecule has 2 aliphatic rings. The second-order valence-electron chi connectivity index (χ2n) is 6.93. The Morgan fingerprint density at radius 2 is 2.30 bits per heavy atom. The molecule has 9 heteroatoms. The van der Waals surface area contributed by atoms with Gasteiger partial charge in [0.05, 0.1) is 6.20 Å². The molecular weight excluding hydrogens is 353 g/mol. The van der Waals surface area contributed by atoms with Crippen LogP contribution < -0.4 is 10.3 Å². The maximum absolute atomic E-state index is 13.8. The van der Waals surface area contributed by atoms with E-state index < -0.39 is 5.82 Å². The zero-order chi connectivity index (χ0) is 18.5. The molecule has 8 nitrogen and oxygen atoms in total. The molecule has 1 aromatic carbocycles. The largest absolute Gasteiger partial charge is 0.476 e. The summed E-state index contributed by atoms with van der Waals surface area (Å²) in [4.78, 5) is 19.9. The maximum Gasteiger partial charge on any atom is 0.372 e. The monoisotopic (exact) mass is 370 g/mol.